The van der Waals surface area contributed by atoms with Crippen molar-refractivity contribution in [3.05, 3.63) is 11.6 Å². The summed E-state index contributed by atoms with van der Waals surface area (Å²) in [7, 11) is 0. The predicted molar refractivity (Wildman–Crippen MR) is 48.9 cm³/mol. The standard InChI is InChI=1S/C6H9IN2/c1-4(6(7)9)3-5(2)8/h3,8-9H,1-2H3/b4-3-,8-5?,9-6?. The van der Waals surface area contributed by atoms with Crippen molar-refractivity contribution in [3.63, 3.8) is 0 Å². The smallest absolute Gasteiger partial charge is 0.0949 e. The van der Waals surface area contributed by atoms with E-state index in [1.165, 1.54) is 0 Å². The van der Waals surface area contributed by atoms with Gasteiger partial charge < -0.3 is 5.41 Å². The Balaban J connectivity index is 4.17. The largest absolute Gasteiger partial charge is 0.306 e. The zero-order valence-corrected chi connectivity index (χ0v) is 7.61. The van der Waals surface area contributed by atoms with E-state index in [1.54, 1.807) is 13.0 Å². The van der Waals surface area contributed by atoms with Crippen molar-refractivity contribution in [1.29, 1.82) is 10.8 Å². The fourth-order valence-electron chi connectivity index (χ4n) is 0.388. The third-order valence-electron chi connectivity index (χ3n) is 0.779. The number of allylic oxidation sites excluding steroid dienone is 2. The van der Waals surface area contributed by atoms with Crippen LogP contribution in [0.4, 0.5) is 0 Å². The molecule has 0 rings (SSSR count). The number of nitrogens with one attached hydrogen (secondary N) is 2. The van der Waals surface area contributed by atoms with E-state index in [4.69, 9.17) is 10.8 Å². The molecule has 0 amide bonds. The molecule has 50 valence electrons. The highest BCUT2D eigenvalue weighted by Gasteiger charge is 1.91. The first-order valence-corrected chi connectivity index (χ1v) is 3.60. The van der Waals surface area contributed by atoms with Crippen LogP contribution in [0.5, 0.6) is 0 Å². The lowest BCUT2D eigenvalue weighted by molar-refractivity contribution is 1.46. The lowest BCUT2D eigenvalue weighted by Crippen LogP contribution is -1.89. The van der Waals surface area contributed by atoms with Gasteiger partial charge in [0.05, 0.1) is 3.72 Å². The van der Waals surface area contributed by atoms with Crippen LogP contribution in [0.3, 0.4) is 0 Å². The van der Waals surface area contributed by atoms with Gasteiger partial charge in [0, 0.05) is 5.71 Å². The molecule has 0 radical (unpaired) electrons. The van der Waals surface area contributed by atoms with E-state index in [2.05, 4.69) is 0 Å². The van der Waals surface area contributed by atoms with E-state index in [-0.39, 0.29) is 0 Å². The van der Waals surface area contributed by atoms with Crippen LogP contribution < -0.4 is 0 Å². The molecule has 0 heterocycles. The predicted octanol–water partition coefficient (Wildman–Crippen LogP) is 2.38. The Kier molecular flexibility index (Phi) is 3.68. The minimum absolute atomic E-state index is 0.494. The van der Waals surface area contributed by atoms with E-state index in [0.29, 0.717) is 9.43 Å². The van der Waals surface area contributed by atoms with Gasteiger partial charge in [-0.25, -0.2) is 0 Å². The summed E-state index contributed by atoms with van der Waals surface area (Å²) in [6, 6.07) is 0. The van der Waals surface area contributed by atoms with Crippen molar-refractivity contribution < 1.29 is 0 Å². The van der Waals surface area contributed by atoms with Gasteiger partial charge in [-0.05, 0) is 48.1 Å². The molecule has 3 heteroatoms. The molecule has 0 unspecified atom stereocenters. The molecule has 9 heavy (non-hydrogen) atoms. The molecule has 0 spiro atoms. The van der Waals surface area contributed by atoms with Gasteiger partial charge in [0.15, 0.2) is 0 Å². The van der Waals surface area contributed by atoms with E-state index in [9.17, 15) is 0 Å². The number of rotatable bonds is 2. The van der Waals surface area contributed by atoms with E-state index in [0.717, 1.165) is 5.57 Å². The van der Waals surface area contributed by atoms with Gasteiger partial charge >= 0.3 is 0 Å². The summed E-state index contributed by atoms with van der Waals surface area (Å²) in [6.07, 6.45) is 1.68. The number of hydrogen-bond acceptors (Lipinski definition) is 2. The lowest BCUT2D eigenvalue weighted by Gasteiger charge is -1.91. The van der Waals surface area contributed by atoms with Crippen LogP contribution in [0.15, 0.2) is 11.6 Å². The fraction of sp³-hybridized carbons (Fsp3) is 0.333. The van der Waals surface area contributed by atoms with E-state index < -0.39 is 0 Å². The van der Waals surface area contributed by atoms with Gasteiger partial charge in [-0.1, -0.05) is 0 Å². The summed E-state index contributed by atoms with van der Waals surface area (Å²) in [5.74, 6) is 0. The first kappa shape index (κ1) is 8.81. The molecule has 0 saturated heterocycles. The van der Waals surface area contributed by atoms with Crippen molar-refractivity contribution in [1.82, 2.24) is 0 Å². The normalized spacial score (nSPS) is 11.2. The van der Waals surface area contributed by atoms with Gasteiger partial charge in [0.1, 0.15) is 0 Å². The highest BCUT2D eigenvalue weighted by molar-refractivity contribution is 14.1. The Morgan fingerprint density at radius 1 is 1.33 bits per heavy atom. The quantitative estimate of drug-likeness (QED) is 0.546. The third-order valence-corrected chi connectivity index (χ3v) is 1.63. The monoisotopic (exact) mass is 236 g/mol. The Morgan fingerprint density at radius 3 is 1.89 bits per heavy atom. The SMILES string of the molecule is CC(=N)/C=C(/C)C(=N)I. The second-order valence-electron chi connectivity index (χ2n) is 1.82. The van der Waals surface area contributed by atoms with Gasteiger partial charge in [0.25, 0.3) is 0 Å². The number of halogens is 1. The molecule has 2 nitrogen and oxygen atoms in total. The second-order valence-corrected chi connectivity index (χ2v) is 2.90. The van der Waals surface area contributed by atoms with Gasteiger partial charge in [-0.2, -0.15) is 0 Å². The van der Waals surface area contributed by atoms with Crippen molar-refractivity contribution in [3.8, 4) is 0 Å². The maximum atomic E-state index is 7.12. The summed E-state index contributed by atoms with van der Waals surface area (Å²) < 4.78 is 0.499. The minimum Gasteiger partial charge on any atom is -0.306 e. The molecule has 0 aromatic carbocycles. The first-order valence-electron chi connectivity index (χ1n) is 2.52. The molecule has 0 saturated carbocycles. The highest BCUT2D eigenvalue weighted by atomic mass is 127. The molecule has 0 aliphatic carbocycles. The van der Waals surface area contributed by atoms with Crippen molar-refractivity contribution in [2.24, 2.45) is 0 Å². The summed E-state index contributed by atoms with van der Waals surface area (Å²) in [5, 5.41) is 14.2. The molecular formula is C6H9IN2. The van der Waals surface area contributed by atoms with Crippen LogP contribution in [0, 0.1) is 10.8 Å². The van der Waals surface area contributed by atoms with Crippen LogP contribution in [-0.4, -0.2) is 9.43 Å². The zero-order valence-electron chi connectivity index (χ0n) is 5.46. The highest BCUT2D eigenvalue weighted by Crippen LogP contribution is 2.01. The first-order chi connectivity index (χ1) is 4.04. The van der Waals surface area contributed by atoms with Crippen molar-refractivity contribution in [2.45, 2.75) is 13.8 Å². The molecule has 2 N–H and O–H groups in total. The molecule has 0 bridgehead atoms. The Morgan fingerprint density at radius 2 is 1.78 bits per heavy atom. The van der Waals surface area contributed by atoms with E-state index in [1.807, 2.05) is 29.5 Å². The van der Waals surface area contributed by atoms with Crippen molar-refractivity contribution in [2.75, 3.05) is 0 Å². The maximum absolute atomic E-state index is 7.12. The Labute approximate surface area is 68.5 Å². The summed E-state index contributed by atoms with van der Waals surface area (Å²) in [4.78, 5) is 0. The molecular weight excluding hydrogens is 227 g/mol. The molecule has 0 aromatic heterocycles. The average Bonchev–Trinajstić information content (AvgIpc) is 1.63. The van der Waals surface area contributed by atoms with E-state index >= 15 is 0 Å². The Hall–Kier alpha value is -0.190. The van der Waals surface area contributed by atoms with Gasteiger partial charge in [-0.3, -0.25) is 5.41 Å². The van der Waals surface area contributed by atoms with Crippen LogP contribution >= 0.6 is 22.6 Å². The van der Waals surface area contributed by atoms with Crippen LogP contribution in [-0.2, 0) is 0 Å². The summed E-state index contributed by atoms with van der Waals surface area (Å²) >= 11 is 1.92. The molecule has 0 aromatic rings. The van der Waals surface area contributed by atoms with Gasteiger partial charge in [-0.15, -0.1) is 0 Å². The molecule has 0 aliphatic heterocycles. The number of hydrogen-bond donors (Lipinski definition) is 2. The lowest BCUT2D eigenvalue weighted by atomic mass is 10.2. The van der Waals surface area contributed by atoms with Crippen LogP contribution in [0.2, 0.25) is 0 Å². The summed E-state index contributed by atoms with van der Waals surface area (Å²) in [6.45, 7) is 3.52. The maximum Gasteiger partial charge on any atom is 0.0949 e. The molecule has 0 atom stereocenters. The van der Waals surface area contributed by atoms with Crippen LogP contribution in [0.1, 0.15) is 13.8 Å². The average molecular weight is 236 g/mol. The molecule has 0 fully saturated rings. The fourth-order valence-corrected chi connectivity index (χ4v) is 0.544. The minimum atomic E-state index is 0.494. The summed E-state index contributed by atoms with van der Waals surface area (Å²) in [5.41, 5.74) is 1.34. The van der Waals surface area contributed by atoms with Crippen molar-refractivity contribution >= 4 is 32.0 Å². The second kappa shape index (κ2) is 3.76. The van der Waals surface area contributed by atoms with Crippen LogP contribution in [0.25, 0.3) is 0 Å². The topological polar surface area (TPSA) is 47.7 Å². The van der Waals surface area contributed by atoms with Gasteiger partial charge in [0.2, 0.25) is 0 Å². The third kappa shape index (κ3) is 4.32. The zero-order chi connectivity index (χ0) is 7.44. The molecule has 0 aliphatic rings. The Bertz CT molecular complexity index is 170.